The maximum absolute atomic E-state index is 13.3. The predicted molar refractivity (Wildman–Crippen MR) is 126 cm³/mol. The number of hydrogen-bond donors (Lipinski definition) is 1. The van der Waals surface area contributed by atoms with Gasteiger partial charge in [0.2, 0.25) is 0 Å². The summed E-state index contributed by atoms with van der Waals surface area (Å²) in [5, 5.41) is 13.1. The molecule has 1 N–H and O–H groups in total. The molecule has 34 heavy (non-hydrogen) atoms. The second-order valence-corrected chi connectivity index (χ2v) is 8.05. The Morgan fingerprint density at radius 2 is 1.82 bits per heavy atom. The third-order valence-electron chi connectivity index (χ3n) is 5.90. The van der Waals surface area contributed by atoms with E-state index in [0.717, 1.165) is 27.7 Å². The van der Waals surface area contributed by atoms with Crippen LogP contribution < -0.4 is 5.32 Å². The molecule has 0 aliphatic heterocycles. The van der Waals surface area contributed by atoms with E-state index in [4.69, 9.17) is 4.74 Å². The summed E-state index contributed by atoms with van der Waals surface area (Å²) < 4.78 is 22.2. The van der Waals surface area contributed by atoms with E-state index in [9.17, 15) is 19.2 Å². The number of carbonyl (C=O) groups is 2. The monoisotopic (exact) mass is 458 g/mol. The number of nitrogens with zero attached hydrogens (tertiary/aromatic N) is 3. The number of aromatic nitrogens is 2. The molecular weight excluding hydrogens is 435 g/mol. The maximum Gasteiger partial charge on any atom is 0.340 e. The fraction of sp³-hybridized carbons (Fsp3) is 0.192. The molecule has 0 unspecified atom stereocenters. The van der Waals surface area contributed by atoms with Crippen LogP contribution in [0.5, 0.6) is 0 Å². The van der Waals surface area contributed by atoms with Gasteiger partial charge in [-0.15, -0.1) is 0 Å². The van der Waals surface area contributed by atoms with Gasteiger partial charge in [0.25, 0.3) is 5.91 Å². The van der Waals surface area contributed by atoms with E-state index in [1.807, 2.05) is 42.8 Å². The van der Waals surface area contributed by atoms with Crippen molar-refractivity contribution in [3.8, 4) is 6.07 Å². The van der Waals surface area contributed by atoms with Gasteiger partial charge in [-0.2, -0.15) is 5.26 Å². The number of amides is 1. The van der Waals surface area contributed by atoms with Gasteiger partial charge in [0, 0.05) is 36.4 Å². The van der Waals surface area contributed by atoms with Crippen LogP contribution in [-0.4, -0.2) is 27.6 Å². The van der Waals surface area contributed by atoms with Crippen molar-refractivity contribution in [1.82, 2.24) is 9.13 Å². The molecule has 172 valence electrons. The molecule has 0 aliphatic carbocycles. The highest BCUT2D eigenvalue weighted by Gasteiger charge is 2.21. The van der Waals surface area contributed by atoms with Crippen LogP contribution in [0.15, 0.2) is 54.7 Å². The smallest absolute Gasteiger partial charge is 0.340 e. The number of rotatable bonds is 6. The van der Waals surface area contributed by atoms with Crippen LogP contribution in [0.25, 0.3) is 10.9 Å². The fourth-order valence-corrected chi connectivity index (χ4v) is 3.98. The Kier molecular flexibility index (Phi) is 6.19. The number of halogens is 1. The van der Waals surface area contributed by atoms with E-state index in [-0.39, 0.29) is 5.82 Å². The molecule has 2 aromatic carbocycles. The van der Waals surface area contributed by atoms with E-state index in [1.165, 1.54) is 12.1 Å². The van der Waals surface area contributed by atoms with Crippen molar-refractivity contribution in [1.29, 1.82) is 5.26 Å². The zero-order valence-electron chi connectivity index (χ0n) is 19.1. The zero-order chi connectivity index (χ0) is 24.4. The van der Waals surface area contributed by atoms with Gasteiger partial charge in [-0.3, -0.25) is 4.79 Å². The summed E-state index contributed by atoms with van der Waals surface area (Å²) in [5.41, 5.74) is 3.91. The fourth-order valence-electron chi connectivity index (χ4n) is 3.98. The van der Waals surface area contributed by atoms with Crippen LogP contribution in [0.2, 0.25) is 0 Å². The average Bonchev–Trinajstić information content (AvgIpc) is 3.28. The molecule has 0 spiro atoms. The summed E-state index contributed by atoms with van der Waals surface area (Å²) in [6.45, 7) is 3.47. The van der Waals surface area contributed by atoms with E-state index >= 15 is 0 Å². The number of nitriles is 1. The molecule has 0 atom stereocenters. The first-order valence-electron chi connectivity index (χ1n) is 10.7. The Balaban J connectivity index is 1.52. The summed E-state index contributed by atoms with van der Waals surface area (Å²) in [7, 11) is 1.83. The van der Waals surface area contributed by atoms with Crippen molar-refractivity contribution in [2.45, 2.75) is 20.4 Å². The normalized spacial score (nSPS) is 10.8. The lowest BCUT2D eigenvalue weighted by Gasteiger charge is -2.13. The van der Waals surface area contributed by atoms with Crippen LogP contribution in [0.4, 0.5) is 10.2 Å². The number of aryl methyl sites for hydroxylation is 1. The lowest BCUT2D eigenvalue weighted by Crippen LogP contribution is -2.23. The van der Waals surface area contributed by atoms with Gasteiger partial charge < -0.3 is 19.2 Å². The SMILES string of the molecule is Cc1c(C#N)c(NC(=O)COC(=O)c2cn(C)c3ccccc23)n(Cc2ccc(F)cc2)c1C. The Morgan fingerprint density at radius 3 is 2.53 bits per heavy atom. The molecular formula is C26H23FN4O3. The number of ether oxygens (including phenoxy) is 1. The first kappa shape index (κ1) is 22.8. The van der Waals surface area contributed by atoms with E-state index < -0.39 is 18.5 Å². The van der Waals surface area contributed by atoms with Gasteiger partial charge in [-0.1, -0.05) is 30.3 Å². The van der Waals surface area contributed by atoms with Crippen LogP contribution in [0, 0.1) is 31.0 Å². The molecule has 0 aliphatic rings. The highest BCUT2D eigenvalue weighted by atomic mass is 19.1. The largest absolute Gasteiger partial charge is 0.452 e. The standard InChI is InChI=1S/C26H23FN4O3/c1-16-17(2)31(13-18-8-10-19(27)11-9-18)25(21(16)12-28)29-24(32)15-34-26(33)22-14-30(3)23-7-5-4-6-20(22)23/h4-11,14H,13,15H2,1-3H3,(H,29,32). The molecule has 0 saturated heterocycles. The second-order valence-electron chi connectivity index (χ2n) is 8.05. The third-order valence-corrected chi connectivity index (χ3v) is 5.90. The van der Waals surface area contributed by atoms with Crippen molar-refractivity contribution >= 4 is 28.6 Å². The van der Waals surface area contributed by atoms with Gasteiger partial charge in [-0.05, 0) is 43.2 Å². The highest BCUT2D eigenvalue weighted by Crippen LogP contribution is 2.27. The molecule has 0 fully saturated rings. The Hall–Kier alpha value is -4.38. The van der Waals surface area contributed by atoms with Crippen LogP contribution in [-0.2, 0) is 23.1 Å². The summed E-state index contributed by atoms with van der Waals surface area (Å²) in [6.07, 6.45) is 1.67. The van der Waals surface area contributed by atoms with E-state index in [1.54, 1.807) is 29.8 Å². The number of benzene rings is 2. The summed E-state index contributed by atoms with van der Waals surface area (Å²) in [4.78, 5) is 25.3. The maximum atomic E-state index is 13.3. The minimum absolute atomic E-state index is 0.313. The summed E-state index contributed by atoms with van der Waals surface area (Å²) in [6, 6.07) is 15.6. The van der Waals surface area contributed by atoms with Crippen molar-refractivity contribution in [3.63, 3.8) is 0 Å². The average molecular weight is 458 g/mol. The van der Waals surface area contributed by atoms with Gasteiger partial charge >= 0.3 is 5.97 Å². The van der Waals surface area contributed by atoms with E-state index in [2.05, 4.69) is 11.4 Å². The van der Waals surface area contributed by atoms with Crippen molar-refractivity contribution in [2.24, 2.45) is 7.05 Å². The molecule has 4 aromatic rings. The van der Waals surface area contributed by atoms with Crippen LogP contribution in [0.1, 0.15) is 32.7 Å². The number of hydrogen-bond acceptors (Lipinski definition) is 4. The van der Waals surface area contributed by atoms with Crippen LogP contribution in [0.3, 0.4) is 0 Å². The Morgan fingerprint density at radius 1 is 1.12 bits per heavy atom. The number of anilines is 1. The summed E-state index contributed by atoms with van der Waals surface area (Å²) in [5.74, 6) is -1.21. The van der Waals surface area contributed by atoms with Gasteiger partial charge in [0.15, 0.2) is 6.61 Å². The number of nitrogens with one attached hydrogen (secondary N) is 1. The Labute approximate surface area is 196 Å². The number of esters is 1. The van der Waals surface area contributed by atoms with Crippen molar-refractivity contribution in [3.05, 3.63) is 88.5 Å². The lowest BCUT2D eigenvalue weighted by molar-refractivity contribution is -0.119. The predicted octanol–water partition coefficient (Wildman–Crippen LogP) is 4.45. The van der Waals surface area contributed by atoms with Gasteiger partial charge in [0.05, 0.1) is 11.1 Å². The minimum atomic E-state index is -0.610. The second kappa shape index (κ2) is 9.24. The quantitative estimate of drug-likeness (QED) is 0.432. The van der Waals surface area contributed by atoms with Crippen molar-refractivity contribution in [2.75, 3.05) is 11.9 Å². The highest BCUT2D eigenvalue weighted by molar-refractivity contribution is 6.05. The molecule has 0 saturated carbocycles. The molecule has 2 heterocycles. The Bertz CT molecular complexity index is 1440. The third kappa shape index (κ3) is 4.28. The minimum Gasteiger partial charge on any atom is -0.452 e. The lowest BCUT2D eigenvalue weighted by atomic mass is 10.2. The molecule has 4 rings (SSSR count). The number of para-hydroxylation sites is 1. The number of carbonyl (C=O) groups excluding carboxylic acids is 2. The molecule has 0 radical (unpaired) electrons. The molecule has 2 aromatic heterocycles. The first-order valence-corrected chi connectivity index (χ1v) is 10.7. The van der Waals surface area contributed by atoms with Gasteiger partial charge in [-0.25, -0.2) is 9.18 Å². The number of fused-ring (bicyclic) bond motifs is 1. The van der Waals surface area contributed by atoms with Crippen molar-refractivity contribution < 1.29 is 18.7 Å². The van der Waals surface area contributed by atoms with Gasteiger partial charge in [0.1, 0.15) is 17.7 Å². The zero-order valence-corrected chi connectivity index (χ0v) is 19.1. The molecule has 0 bridgehead atoms. The van der Waals surface area contributed by atoms with Crippen LogP contribution >= 0.6 is 0 Å². The van der Waals surface area contributed by atoms with E-state index in [0.29, 0.717) is 23.5 Å². The first-order chi connectivity index (χ1) is 16.3. The molecule has 1 amide bonds. The molecule has 7 nitrogen and oxygen atoms in total. The topological polar surface area (TPSA) is 89.1 Å². The molecule has 8 heteroatoms. The summed E-state index contributed by atoms with van der Waals surface area (Å²) >= 11 is 0.